The van der Waals surface area contributed by atoms with Crippen LogP contribution >= 0.6 is 0 Å². The molecule has 0 heterocycles. The quantitative estimate of drug-likeness (QED) is 0.778. The summed E-state index contributed by atoms with van der Waals surface area (Å²) in [4.78, 5) is 0. The van der Waals surface area contributed by atoms with Crippen LogP contribution in [0.1, 0.15) is 25.8 Å². The van der Waals surface area contributed by atoms with Crippen LogP contribution in [0.3, 0.4) is 0 Å². The summed E-state index contributed by atoms with van der Waals surface area (Å²) < 4.78 is 16.2. The van der Waals surface area contributed by atoms with Gasteiger partial charge in [0, 0.05) is 19.6 Å². The van der Waals surface area contributed by atoms with Crippen LogP contribution in [0.15, 0.2) is 18.2 Å². The van der Waals surface area contributed by atoms with Gasteiger partial charge in [0.15, 0.2) is 11.5 Å². The highest BCUT2D eigenvalue weighted by atomic mass is 16.5. The third kappa shape index (κ3) is 3.94. The Kier molecular flexibility index (Phi) is 4.99. The maximum Gasteiger partial charge on any atom is 0.162 e. The van der Waals surface area contributed by atoms with E-state index in [0.717, 1.165) is 6.42 Å². The molecule has 1 aromatic rings. The lowest BCUT2D eigenvalue weighted by atomic mass is 10.1. The Morgan fingerprint density at radius 2 is 1.94 bits per heavy atom. The Labute approximate surface area is 108 Å². The van der Waals surface area contributed by atoms with E-state index in [1.54, 1.807) is 32.4 Å². The fourth-order valence-electron chi connectivity index (χ4n) is 1.37. The number of nitrogens with zero attached hydrogens (tertiary/aromatic N) is 1. The third-order valence-corrected chi connectivity index (χ3v) is 2.81. The number of benzene rings is 1. The monoisotopic (exact) mass is 249 g/mol. The Morgan fingerprint density at radius 1 is 1.22 bits per heavy atom. The smallest absolute Gasteiger partial charge is 0.162 e. The molecule has 0 saturated carbocycles. The van der Waals surface area contributed by atoms with Crippen LogP contribution in [0.2, 0.25) is 0 Å². The zero-order chi connectivity index (χ0) is 13.6. The number of nitriles is 1. The molecule has 0 aliphatic rings. The van der Waals surface area contributed by atoms with Crippen LogP contribution in [0.5, 0.6) is 11.5 Å². The van der Waals surface area contributed by atoms with E-state index in [0.29, 0.717) is 23.7 Å². The summed E-state index contributed by atoms with van der Waals surface area (Å²) in [5.74, 6) is 1.22. The van der Waals surface area contributed by atoms with Crippen LogP contribution in [0.25, 0.3) is 0 Å². The topological polar surface area (TPSA) is 51.5 Å². The van der Waals surface area contributed by atoms with Gasteiger partial charge in [-0.25, -0.2) is 0 Å². The molecule has 0 unspecified atom stereocenters. The Morgan fingerprint density at radius 3 is 2.50 bits per heavy atom. The average Bonchev–Trinajstić information content (AvgIpc) is 2.38. The molecule has 0 saturated heterocycles. The molecule has 0 amide bonds. The van der Waals surface area contributed by atoms with Crippen LogP contribution in [0.4, 0.5) is 0 Å². The second-order valence-electron chi connectivity index (χ2n) is 4.54. The molecule has 0 N–H and O–H groups in total. The van der Waals surface area contributed by atoms with Gasteiger partial charge in [0.25, 0.3) is 0 Å². The molecule has 98 valence electrons. The Hall–Kier alpha value is -1.73. The maximum atomic E-state index is 8.80. The van der Waals surface area contributed by atoms with Gasteiger partial charge in [-0.15, -0.1) is 0 Å². The van der Waals surface area contributed by atoms with Gasteiger partial charge < -0.3 is 14.2 Å². The zero-order valence-corrected chi connectivity index (χ0v) is 11.3. The summed E-state index contributed by atoms with van der Waals surface area (Å²) in [6, 6.07) is 7.18. The van der Waals surface area contributed by atoms with Gasteiger partial charge >= 0.3 is 0 Å². The lowest BCUT2D eigenvalue weighted by molar-refractivity contribution is 0.00525. The summed E-state index contributed by atoms with van der Waals surface area (Å²) in [6.45, 7) is 4.54. The van der Waals surface area contributed by atoms with E-state index in [2.05, 4.69) is 6.07 Å². The molecular formula is C14H19NO3. The van der Waals surface area contributed by atoms with Crippen molar-refractivity contribution < 1.29 is 14.2 Å². The van der Waals surface area contributed by atoms with E-state index in [-0.39, 0.29) is 5.60 Å². The Bertz CT molecular complexity index is 435. The number of hydrogen-bond donors (Lipinski definition) is 0. The van der Waals surface area contributed by atoms with Gasteiger partial charge in [0.2, 0.25) is 0 Å². The minimum Gasteiger partial charge on any atom is -0.493 e. The first kappa shape index (κ1) is 14.3. The number of methoxy groups -OCH3 is 2. The van der Waals surface area contributed by atoms with Gasteiger partial charge in [-0.05, 0) is 26.0 Å². The van der Waals surface area contributed by atoms with Gasteiger partial charge in [-0.3, -0.25) is 0 Å². The van der Waals surface area contributed by atoms with Crippen molar-refractivity contribution in [1.29, 1.82) is 5.26 Å². The normalized spacial score (nSPS) is 10.8. The minimum absolute atomic E-state index is 0.209. The summed E-state index contributed by atoms with van der Waals surface area (Å²) in [7, 11) is 3.24. The largest absolute Gasteiger partial charge is 0.493 e. The molecule has 4 nitrogen and oxygen atoms in total. The molecule has 0 atom stereocenters. The SMILES string of the molecule is COc1cc(C#N)ccc1OCCC(C)(C)OC. The van der Waals surface area contributed by atoms with E-state index in [4.69, 9.17) is 19.5 Å². The number of rotatable bonds is 6. The molecule has 0 bridgehead atoms. The molecule has 0 aliphatic carbocycles. The molecule has 18 heavy (non-hydrogen) atoms. The average molecular weight is 249 g/mol. The summed E-state index contributed by atoms with van der Waals surface area (Å²) >= 11 is 0. The zero-order valence-electron chi connectivity index (χ0n) is 11.3. The van der Waals surface area contributed by atoms with E-state index in [9.17, 15) is 0 Å². The second-order valence-corrected chi connectivity index (χ2v) is 4.54. The van der Waals surface area contributed by atoms with E-state index < -0.39 is 0 Å². The standard InChI is InChI=1S/C14H19NO3/c1-14(2,17-4)7-8-18-12-6-5-11(10-15)9-13(12)16-3/h5-6,9H,7-8H2,1-4H3. The summed E-state index contributed by atoms with van der Waals surface area (Å²) in [5, 5.41) is 8.80. The first-order valence-corrected chi connectivity index (χ1v) is 5.78. The molecule has 0 radical (unpaired) electrons. The molecule has 0 aliphatic heterocycles. The summed E-state index contributed by atoms with van der Waals surface area (Å²) in [5.41, 5.74) is 0.344. The Balaban J connectivity index is 2.65. The van der Waals surface area contributed by atoms with Crippen molar-refractivity contribution in [3.8, 4) is 17.6 Å². The fourth-order valence-corrected chi connectivity index (χ4v) is 1.37. The van der Waals surface area contributed by atoms with Crippen molar-refractivity contribution in [3.05, 3.63) is 23.8 Å². The van der Waals surface area contributed by atoms with E-state index >= 15 is 0 Å². The highest BCUT2D eigenvalue weighted by Crippen LogP contribution is 2.28. The summed E-state index contributed by atoms with van der Waals surface area (Å²) in [6.07, 6.45) is 0.770. The molecule has 0 spiro atoms. The lowest BCUT2D eigenvalue weighted by Crippen LogP contribution is -2.25. The van der Waals surface area contributed by atoms with E-state index in [1.165, 1.54) is 0 Å². The van der Waals surface area contributed by atoms with Crippen molar-refractivity contribution in [2.24, 2.45) is 0 Å². The number of hydrogen-bond acceptors (Lipinski definition) is 4. The predicted octanol–water partition coefficient (Wildman–Crippen LogP) is 2.76. The highest BCUT2D eigenvalue weighted by Gasteiger charge is 2.16. The minimum atomic E-state index is -0.209. The molecule has 4 heteroatoms. The fraction of sp³-hybridized carbons (Fsp3) is 0.500. The highest BCUT2D eigenvalue weighted by molar-refractivity contribution is 5.46. The first-order chi connectivity index (χ1) is 8.52. The van der Waals surface area contributed by atoms with Crippen molar-refractivity contribution >= 4 is 0 Å². The first-order valence-electron chi connectivity index (χ1n) is 5.78. The van der Waals surface area contributed by atoms with E-state index in [1.807, 2.05) is 13.8 Å². The third-order valence-electron chi connectivity index (χ3n) is 2.81. The molecule has 0 fully saturated rings. The molecule has 0 aromatic heterocycles. The molecular weight excluding hydrogens is 230 g/mol. The second kappa shape index (κ2) is 6.27. The molecule has 1 rings (SSSR count). The predicted molar refractivity (Wildman–Crippen MR) is 68.9 cm³/mol. The van der Waals surface area contributed by atoms with Crippen molar-refractivity contribution in [2.75, 3.05) is 20.8 Å². The van der Waals surface area contributed by atoms with Crippen molar-refractivity contribution in [1.82, 2.24) is 0 Å². The van der Waals surface area contributed by atoms with Gasteiger partial charge in [0.05, 0.1) is 31.0 Å². The van der Waals surface area contributed by atoms with Crippen molar-refractivity contribution in [3.63, 3.8) is 0 Å². The lowest BCUT2D eigenvalue weighted by Gasteiger charge is -2.22. The van der Waals surface area contributed by atoms with Crippen LogP contribution < -0.4 is 9.47 Å². The van der Waals surface area contributed by atoms with Crippen LogP contribution in [-0.4, -0.2) is 26.4 Å². The van der Waals surface area contributed by atoms with Crippen LogP contribution in [-0.2, 0) is 4.74 Å². The van der Waals surface area contributed by atoms with Crippen LogP contribution in [0, 0.1) is 11.3 Å². The van der Waals surface area contributed by atoms with Gasteiger partial charge in [-0.2, -0.15) is 5.26 Å². The maximum absolute atomic E-state index is 8.80. The van der Waals surface area contributed by atoms with Gasteiger partial charge in [0.1, 0.15) is 0 Å². The molecule has 1 aromatic carbocycles. The van der Waals surface area contributed by atoms with Gasteiger partial charge in [-0.1, -0.05) is 0 Å². The van der Waals surface area contributed by atoms with Crippen molar-refractivity contribution in [2.45, 2.75) is 25.9 Å². The number of ether oxygens (including phenoxy) is 3.